The van der Waals surface area contributed by atoms with Gasteiger partial charge in [-0.25, -0.2) is 4.79 Å². The molecule has 5 nitrogen and oxygen atoms in total. The number of carbonyl (C=O) groups is 1. The Balaban J connectivity index is 1.24. The summed E-state index contributed by atoms with van der Waals surface area (Å²) in [6, 6.07) is 18.7. The van der Waals surface area contributed by atoms with E-state index < -0.39 is 0 Å². The second-order valence-electron chi connectivity index (χ2n) is 7.38. The van der Waals surface area contributed by atoms with Crippen LogP contribution in [0.2, 0.25) is 0 Å². The van der Waals surface area contributed by atoms with E-state index in [4.69, 9.17) is 4.74 Å². The van der Waals surface area contributed by atoms with Crippen molar-refractivity contribution in [3.63, 3.8) is 0 Å². The fraction of sp³-hybridized carbons (Fsp3) is 0.409. The number of ether oxygens (including phenoxy) is 1. The van der Waals surface area contributed by atoms with Crippen LogP contribution in [0.25, 0.3) is 0 Å². The number of nitrogens with one attached hydrogen (secondary N) is 2. The number of para-hydroxylation sites is 1. The van der Waals surface area contributed by atoms with Gasteiger partial charge >= 0.3 is 6.03 Å². The Hall–Kier alpha value is -2.53. The summed E-state index contributed by atoms with van der Waals surface area (Å²) in [5, 5.41) is 6.29. The average molecular weight is 365 g/mol. The average Bonchev–Trinajstić information content (AvgIpc) is 2.71. The molecular formula is C22H27N3O2. The molecule has 2 N–H and O–H groups in total. The fourth-order valence-electron chi connectivity index (χ4n) is 3.95. The first-order chi connectivity index (χ1) is 13.3. The van der Waals surface area contributed by atoms with Crippen molar-refractivity contribution < 1.29 is 9.53 Å². The van der Waals surface area contributed by atoms with E-state index in [2.05, 4.69) is 45.9 Å². The van der Waals surface area contributed by atoms with Crippen LogP contribution in [0, 0.1) is 0 Å². The highest BCUT2D eigenvalue weighted by Gasteiger charge is 2.25. The van der Waals surface area contributed by atoms with Crippen molar-refractivity contribution >= 4 is 6.03 Å². The molecule has 1 fully saturated rings. The Morgan fingerprint density at radius 2 is 1.70 bits per heavy atom. The van der Waals surface area contributed by atoms with Gasteiger partial charge in [-0.05, 0) is 24.5 Å². The third-order valence-corrected chi connectivity index (χ3v) is 5.44. The van der Waals surface area contributed by atoms with E-state index in [0.29, 0.717) is 6.61 Å². The Labute approximate surface area is 160 Å². The number of fused-ring (bicyclic) bond motifs is 1. The molecule has 2 heterocycles. The third-order valence-electron chi connectivity index (χ3n) is 5.44. The molecule has 1 saturated heterocycles. The number of amides is 2. The quantitative estimate of drug-likeness (QED) is 0.872. The molecule has 27 heavy (non-hydrogen) atoms. The van der Waals surface area contributed by atoms with Gasteiger partial charge in [0.2, 0.25) is 0 Å². The minimum Gasteiger partial charge on any atom is -0.493 e. The number of urea groups is 1. The third kappa shape index (κ3) is 4.61. The van der Waals surface area contributed by atoms with Crippen molar-refractivity contribution in [3.8, 4) is 5.75 Å². The monoisotopic (exact) mass is 365 g/mol. The summed E-state index contributed by atoms with van der Waals surface area (Å²) in [6.07, 6.45) is 2.79. The van der Waals surface area contributed by atoms with Crippen molar-refractivity contribution in [1.29, 1.82) is 0 Å². The van der Waals surface area contributed by atoms with Crippen molar-refractivity contribution in [3.05, 3.63) is 65.7 Å². The largest absolute Gasteiger partial charge is 0.493 e. The number of nitrogens with zero attached hydrogens (tertiary/aromatic N) is 1. The Morgan fingerprint density at radius 1 is 0.963 bits per heavy atom. The zero-order chi connectivity index (χ0) is 18.5. The SMILES string of the molecule is O=C(NC1CCN(Cc2ccccc2)CC1)NC1CCOc2ccccc21. The van der Waals surface area contributed by atoms with Crippen molar-refractivity contribution in [2.75, 3.05) is 19.7 Å². The maximum atomic E-state index is 12.5. The maximum absolute atomic E-state index is 12.5. The van der Waals surface area contributed by atoms with E-state index in [-0.39, 0.29) is 18.1 Å². The van der Waals surface area contributed by atoms with Gasteiger partial charge in [-0.1, -0.05) is 48.5 Å². The van der Waals surface area contributed by atoms with E-state index in [1.807, 2.05) is 24.3 Å². The minimum atomic E-state index is -0.0711. The topological polar surface area (TPSA) is 53.6 Å². The molecule has 4 rings (SSSR count). The van der Waals surface area contributed by atoms with Gasteiger partial charge in [0.15, 0.2) is 0 Å². The lowest BCUT2D eigenvalue weighted by Crippen LogP contribution is -2.48. The normalized spacial score (nSPS) is 20.4. The zero-order valence-corrected chi connectivity index (χ0v) is 15.6. The Kier molecular flexibility index (Phi) is 5.58. The summed E-state index contributed by atoms with van der Waals surface area (Å²) in [5.74, 6) is 0.878. The van der Waals surface area contributed by atoms with E-state index in [9.17, 15) is 4.79 Å². The van der Waals surface area contributed by atoms with Crippen LogP contribution in [0.1, 0.15) is 36.4 Å². The summed E-state index contributed by atoms with van der Waals surface area (Å²) in [4.78, 5) is 14.9. The molecule has 0 aromatic heterocycles. The number of hydrogen-bond acceptors (Lipinski definition) is 3. The Bertz CT molecular complexity index is 757. The highest BCUT2D eigenvalue weighted by molar-refractivity contribution is 5.75. The van der Waals surface area contributed by atoms with Crippen molar-refractivity contribution in [2.45, 2.75) is 37.9 Å². The number of likely N-dealkylation sites (tertiary alicyclic amines) is 1. The van der Waals surface area contributed by atoms with Crippen LogP contribution in [-0.2, 0) is 6.54 Å². The first-order valence-corrected chi connectivity index (χ1v) is 9.83. The van der Waals surface area contributed by atoms with Gasteiger partial charge in [-0.3, -0.25) is 4.90 Å². The van der Waals surface area contributed by atoms with Gasteiger partial charge in [0.05, 0.1) is 12.6 Å². The summed E-state index contributed by atoms with van der Waals surface area (Å²) in [6.45, 7) is 3.65. The molecule has 0 saturated carbocycles. The van der Waals surface area contributed by atoms with Gasteiger partial charge in [-0.15, -0.1) is 0 Å². The molecule has 0 radical (unpaired) electrons. The van der Waals surface area contributed by atoms with Gasteiger partial charge in [0.1, 0.15) is 5.75 Å². The second-order valence-corrected chi connectivity index (χ2v) is 7.38. The van der Waals surface area contributed by atoms with Gasteiger partial charge < -0.3 is 15.4 Å². The summed E-state index contributed by atoms with van der Waals surface area (Å²) < 4.78 is 5.67. The second kappa shape index (κ2) is 8.44. The number of rotatable bonds is 4. The van der Waals surface area contributed by atoms with Crippen LogP contribution in [0.3, 0.4) is 0 Å². The van der Waals surface area contributed by atoms with Gasteiger partial charge in [0.25, 0.3) is 0 Å². The lowest BCUT2D eigenvalue weighted by Gasteiger charge is -2.33. The lowest BCUT2D eigenvalue weighted by molar-refractivity contribution is 0.183. The van der Waals surface area contributed by atoms with Crippen LogP contribution in [0.4, 0.5) is 4.79 Å². The van der Waals surface area contributed by atoms with E-state index in [0.717, 1.165) is 50.2 Å². The molecule has 1 unspecified atom stereocenters. The number of hydrogen-bond donors (Lipinski definition) is 2. The van der Waals surface area contributed by atoms with Crippen LogP contribution < -0.4 is 15.4 Å². The number of benzene rings is 2. The summed E-state index contributed by atoms with van der Waals surface area (Å²) in [7, 11) is 0. The molecule has 142 valence electrons. The van der Waals surface area contributed by atoms with Gasteiger partial charge in [-0.2, -0.15) is 0 Å². The number of piperidine rings is 1. The molecule has 1 atom stereocenters. The Morgan fingerprint density at radius 3 is 2.52 bits per heavy atom. The van der Waals surface area contributed by atoms with Crippen LogP contribution in [0.15, 0.2) is 54.6 Å². The van der Waals surface area contributed by atoms with Crippen molar-refractivity contribution in [1.82, 2.24) is 15.5 Å². The predicted molar refractivity (Wildman–Crippen MR) is 106 cm³/mol. The lowest BCUT2D eigenvalue weighted by atomic mass is 10.0. The molecule has 2 aliphatic rings. The highest BCUT2D eigenvalue weighted by Crippen LogP contribution is 2.31. The first-order valence-electron chi connectivity index (χ1n) is 9.83. The maximum Gasteiger partial charge on any atom is 0.315 e. The smallest absolute Gasteiger partial charge is 0.315 e. The van der Waals surface area contributed by atoms with Crippen LogP contribution in [0.5, 0.6) is 5.75 Å². The fourth-order valence-corrected chi connectivity index (χ4v) is 3.95. The van der Waals surface area contributed by atoms with Crippen LogP contribution in [-0.4, -0.2) is 36.7 Å². The molecule has 2 aliphatic heterocycles. The molecule has 2 aromatic rings. The van der Waals surface area contributed by atoms with Crippen LogP contribution >= 0.6 is 0 Å². The number of carbonyl (C=O) groups excluding carboxylic acids is 1. The summed E-state index contributed by atoms with van der Waals surface area (Å²) >= 11 is 0. The standard InChI is InChI=1S/C22H27N3O2/c26-22(24-20-12-15-27-21-9-5-4-8-19(20)21)23-18-10-13-25(14-11-18)16-17-6-2-1-3-7-17/h1-9,18,20H,10-16H2,(H2,23,24,26). The van der Waals surface area contributed by atoms with Gasteiger partial charge in [0, 0.05) is 37.7 Å². The van der Waals surface area contributed by atoms with E-state index in [1.165, 1.54) is 5.56 Å². The van der Waals surface area contributed by atoms with E-state index >= 15 is 0 Å². The van der Waals surface area contributed by atoms with Crippen molar-refractivity contribution in [2.24, 2.45) is 0 Å². The first kappa shape index (κ1) is 17.9. The molecule has 0 spiro atoms. The predicted octanol–water partition coefficient (Wildman–Crippen LogP) is 3.47. The summed E-state index contributed by atoms with van der Waals surface area (Å²) in [5.41, 5.74) is 2.41. The molecular weight excluding hydrogens is 338 g/mol. The molecule has 0 bridgehead atoms. The molecule has 5 heteroatoms. The zero-order valence-electron chi connectivity index (χ0n) is 15.6. The molecule has 0 aliphatic carbocycles. The minimum absolute atomic E-state index is 0.0214. The highest BCUT2D eigenvalue weighted by atomic mass is 16.5. The molecule has 2 amide bonds. The van der Waals surface area contributed by atoms with E-state index in [1.54, 1.807) is 0 Å². The molecule has 2 aromatic carbocycles.